The Morgan fingerprint density at radius 2 is 2.10 bits per heavy atom. The average Bonchev–Trinajstić information content (AvgIpc) is 3.12. The fourth-order valence-electron chi connectivity index (χ4n) is 2.97. The Morgan fingerprint density at radius 3 is 2.81 bits per heavy atom. The van der Waals surface area contributed by atoms with E-state index in [2.05, 4.69) is 10.4 Å². The molecule has 2 aromatic heterocycles. The molecular formula is C15H17N3O3. The number of carbonyl (C=O) groups excluding carboxylic acids is 1. The van der Waals surface area contributed by atoms with Crippen molar-refractivity contribution in [2.45, 2.75) is 25.7 Å². The van der Waals surface area contributed by atoms with Gasteiger partial charge in [0.25, 0.3) is 5.91 Å². The molecule has 2 heterocycles. The molecule has 0 saturated heterocycles. The van der Waals surface area contributed by atoms with Gasteiger partial charge >= 0.3 is 5.97 Å². The molecule has 0 aliphatic heterocycles. The van der Waals surface area contributed by atoms with Crippen molar-refractivity contribution in [3.05, 3.63) is 36.2 Å². The summed E-state index contributed by atoms with van der Waals surface area (Å²) in [7, 11) is 0. The Morgan fingerprint density at radius 1 is 1.33 bits per heavy atom. The minimum Gasteiger partial charge on any atom is -0.481 e. The van der Waals surface area contributed by atoms with Crippen molar-refractivity contribution in [3.8, 4) is 0 Å². The molecule has 0 aromatic carbocycles. The van der Waals surface area contributed by atoms with Gasteiger partial charge in [-0.15, -0.1) is 0 Å². The van der Waals surface area contributed by atoms with Gasteiger partial charge in [-0.05, 0) is 25.0 Å². The third-order valence-corrected chi connectivity index (χ3v) is 4.27. The summed E-state index contributed by atoms with van der Waals surface area (Å²) in [6.45, 7) is 0.172. The summed E-state index contributed by atoms with van der Waals surface area (Å²) in [6, 6.07) is 5.48. The van der Waals surface area contributed by atoms with Crippen molar-refractivity contribution in [1.82, 2.24) is 14.9 Å². The lowest BCUT2D eigenvalue weighted by Gasteiger charge is -2.23. The number of carboxylic acids is 1. The molecule has 0 bridgehead atoms. The molecule has 110 valence electrons. The molecular weight excluding hydrogens is 270 g/mol. The summed E-state index contributed by atoms with van der Waals surface area (Å²) in [5.74, 6) is -1.09. The topological polar surface area (TPSA) is 83.7 Å². The van der Waals surface area contributed by atoms with Crippen LogP contribution in [0.1, 0.15) is 36.0 Å². The van der Waals surface area contributed by atoms with Crippen LogP contribution >= 0.6 is 0 Å². The number of fused-ring (bicyclic) bond motifs is 1. The summed E-state index contributed by atoms with van der Waals surface area (Å²) in [6.07, 6.45) is 6.32. The van der Waals surface area contributed by atoms with Crippen molar-refractivity contribution in [1.29, 1.82) is 0 Å². The maximum absolute atomic E-state index is 12.3. The molecule has 1 saturated carbocycles. The normalized spacial score (nSPS) is 17.0. The van der Waals surface area contributed by atoms with Crippen molar-refractivity contribution in [3.63, 3.8) is 0 Å². The van der Waals surface area contributed by atoms with E-state index >= 15 is 0 Å². The van der Waals surface area contributed by atoms with Gasteiger partial charge in [-0.2, -0.15) is 5.10 Å². The highest BCUT2D eigenvalue weighted by molar-refractivity contribution is 6.00. The number of rotatable bonds is 4. The first-order valence-electron chi connectivity index (χ1n) is 7.06. The lowest BCUT2D eigenvalue weighted by atomic mass is 9.86. The smallest absolute Gasteiger partial charge is 0.311 e. The fourth-order valence-corrected chi connectivity index (χ4v) is 2.97. The summed E-state index contributed by atoms with van der Waals surface area (Å²) < 4.78 is 1.62. The molecule has 0 spiro atoms. The number of carboxylic acid groups (broad SMARTS) is 1. The highest BCUT2D eigenvalue weighted by atomic mass is 16.4. The second kappa shape index (κ2) is 5.20. The maximum Gasteiger partial charge on any atom is 0.311 e. The van der Waals surface area contributed by atoms with Crippen LogP contribution in [0.15, 0.2) is 30.6 Å². The van der Waals surface area contributed by atoms with Gasteiger partial charge in [-0.3, -0.25) is 9.59 Å². The molecule has 1 fully saturated rings. The average molecular weight is 287 g/mol. The molecule has 1 aliphatic rings. The van der Waals surface area contributed by atoms with E-state index in [9.17, 15) is 14.7 Å². The molecule has 3 rings (SSSR count). The van der Waals surface area contributed by atoms with Crippen LogP contribution in [-0.4, -0.2) is 33.1 Å². The number of nitrogens with zero attached hydrogens (tertiary/aromatic N) is 2. The number of aromatic nitrogens is 2. The number of pyridine rings is 1. The zero-order valence-corrected chi connectivity index (χ0v) is 11.6. The van der Waals surface area contributed by atoms with Gasteiger partial charge in [0.2, 0.25) is 0 Å². The molecule has 6 nitrogen and oxygen atoms in total. The second-order valence-electron chi connectivity index (χ2n) is 5.56. The van der Waals surface area contributed by atoms with Crippen LogP contribution < -0.4 is 5.32 Å². The lowest BCUT2D eigenvalue weighted by Crippen LogP contribution is -2.41. The van der Waals surface area contributed by atoms with Gasteiger partial charge in [0.05, 0.1) is 22.7 Å². The number of hydrogen-bond donors (Lipinski definition) is 2. The van der Waals surface area contributed by atoms with Crippen LogP contribution in [0.5, 0.6) is 0 Å². The highest BCUT2D eigenvalue weighted by Crippen LogP contribution is 2.37. The fraction of sp³-hybridized carbons (Fsp3) is 0.400. The van der Waals surface area contributed by atoms with E-state index in [1.807, 2.05) is 18.2 Å². The van der Waals surface area contributed by atoms with E-state index in [1.165, 1.54) is 6.20 Å². The van der Waals surface area contributed by atoms with E-state index < -0.39 is 11.4 Å². The molecule has 1 amide bonds. The quantitative estimate of drug-likeness (QED) is 0.896. The van der Waals surface area contributed by atoms with Crippen LogP contribution in [0.25, 0.3) is 5.52 Å². The number of aliphatic carboxylic acids is 1. The zero-order valence-electron chi connectivity index (χ0n) is 11.6. The monoisotopic (exact) mass is 287 g/mol. The Kier molecular flexibility index (Phi) is 3.37. The van der Waals surface area contributed by atoms with Gasteiger partial charge < -0.3 is 10.4 Å². The minimum absolute atomic E-state index is 0.172. The first-order chi connectivity index (χ1) is 10.1. The third-order valence-electron chi connectivity index (χ3n) is 4.27. The predicted molar refractivity (Wildman–Crippen MR) is 76.1 cm³/mol. The molecule has 2 N–H and O–H groups in total. The SMILES string of the molecule is O=C(NCC1(C(=O)O)CCCC1)c1cnn2ccccc12. The molecule has 0 atom stereocenters. The summed E-state index contributed by atoms with van der Waals surface area (Å²) in [5, 5.41) is 16.3. The Hall–Kier alpha value is -2.37. The van der Waals surface area contributed by atoms with Crippen LogP contribution in [0.4, 0.5) is 0 Å². The second-order valence-corrected chi connectivity index (χ2v) is 5.56. The van der Waals surface area contributed by atoms with Gasteiger partial charge in [0, 0.05) is 12.7 Å². The number of nitrogens with one attached hydrogen (secondary N) is 1. The number of hydrogen-bond acceptors (Lipinski definition) is 3. The van der Waals surface area contributed by atoms with Gasteiger partial charge in [0.1, 0.15) is 0 Å². The van der Waals surface area contributed by atoms with E-state index in [0.717, 1.165) is 12.8 Å². The van der Waals surface area contributed by atoms with Gasteiger partial charge in [0.15, 0.2) is 0 Å². The van der Waals surface area contributed by atoms with Crippen LogP contribution in [-0.2, 0) is 4.79 Å². The number of amides is 1. The van der Waals surface area contributed by atoms with Crippen molar-refractivity contribution in [2.75, 3.05) is 6.54 Å². The van der Waals surface area contributed by atoms with Crippen molar-refractivity contribution >= 4 is 17.4 Å². The van der Waals surface area contributed by atoms with Crippen molar-refractivity contribution in [2.24, 2.45) is 5.41 Å². The Labute approximate surface area is 121 Å². The summed E-state index contributed by atoms with van der Waals surface area (Å²) >= 11 is 0. The highest BCUT2D eigenvalue weighted by Gasteiger charge is 2.41. The molecule has 6 heteroatoms. The summed E-state index contributed by atoms with van der Waals surface area (Å²) in [4.78, 5) is 23.8. The third kappa shape index (κ3) is 2.37. The predicted octanol–water partition coefficient (Wildman–Crippen LogP) is 1.71. The first-order valence-corrected chi connectivity index (χ1v) is 7.06. The number of carbonyl (C=O) groups is 2. The minimum atomic E-state index is -0.819. The van der Waals surface area contributed by atoms with Crippen LogP contribution in [0.3, 0.4) is 0 Å². The zero-order chi connectivity index (χ0) is 14.9. The molecule has 2 aromatic rings. The molecule has 21 heavy (non-hydrogen) atoms. The van der Waals surface area contributed by atoms with Crippen LogP contribution in [0.2, 0.25) is 0 Å². The Balaban J connectivity index is 1.76. The standard InChI is InChI=1S/C15H17N3O3/c19-13(11-9-17-18-8-4-1-5-12(11)18)16-10-15(14(20)21)6-2-3-7-15/h1,4-5,8-9H,2-3,6-7,10H2,(H,16,19)(H,20,21). The first kappa shape index (κ1) is 13.6. The summed E-state index contributed by atoms with van der Waals surface area (Å²) in [5.41, 5.74) is 0.374. The van der Waals surface area contributed by atoms with E-state index in [1.54, 1.807) is 10.7 Å². The van der Waals surface area contributed by atoms with Crippen LogP contribution in [0, 0.1) is 5.41 Å². The molecule has 0 unspecified atom stereocenters. The van der Waals surface area contributed by atoms with E-state index in [-0.39, 0.29) is 12.5 Å². The van der Waals surface area contributed by atoms with Gasteiger partial charge in [-0.25, -0.2) is 4.52 Å². The van der Waals surface area contributed by atoms with E-state index in [0.29, 0.717) is 23.9 Å². The van der Waals surface area contributed by atoms with E-state index in [4.69, 9.17) is 0 Å². The molecule has 1 aliphatic carbocycles. The molecule has 0 radical (unpaired) electrons. The lowest BCUT2D eigenvalue weighted by molar-refractivity contribution is -0.148. The van der Waals surface area contributed by atoms with Crippen molar-refractivity contribution < 1.29 is 14.7 Å². The Bertz CT molecular complexity index is 686. The largest absolute Gasteiger partial charge is 0.481 e. The maximum atomic E-state index is 12.3. The van der Waals surface area contributed by atoms with Gasteiger partial charge in [-0.1, -0.05) is 18.9 Å².